The number of carboxylic acid groups (broad SMARTS) is 1. The van der Waals surface area contributed by atoms with Crippen molar-refractivity contribution in [2.24, 2.45) is 5.92 Å². The summed E-state index contributed by atoms with van der Waals surface area (Å²) in [5.41, 5.74) is 1.53. The first kappa shape index (κ1) is 28.2. The van der Waals surface area contributed by atoms with E-state index in [0.717, 1.165) is 36.8 Å². The first-order valence-electron chi connectivity index (χ1n) is 13.3. The van der Waals surface area contributed by atoms with Crippen LogP contribution in [0.15, 0.2) is 42.5 Å². The molecule has 1 saturated heterocycles. The minimum atomic E-state index is -3.67. The number of methoxy groups -OCH3 is 1. The van der Waals surface area contributed by atoms with Gasteiger partial charge in [-0.1, -0.05) is 44.9 Å². The number of nitrogens with zero attached hydrogens (tertiary/aromatic N) is 2. The van der Waals surface area contributed by atoms with Crippen molar-refractivity contribution in [1.29, 1.82) is 0 Å². The highest BCUT2D eigenvalue weighted by Gasteiger charge is 2.49. The standard InChI is InChI=1S/C28H38N2O7S/c1-4-6-14-30(15-7-5-2)38(33,34)18-29-17-23(21-10-13-24-25(16-21)37-19-36-24)26(28(31)32)27(29)20-8-11-22(35-3)12-9-20/h8-13,16,23,26-27H,4-7,14-15,17-19H2,1-3H3,(H,31,32). The Morgan fingerprint density at radius 1 is 1.03 bits per heavy atom. The van der Waals surface area contributed by atoms with E-state index in [9.17, 15) is 18.3 Å². The summed E-state index contributed by atoms with van der Waals surface area (Å²) in [6.45, 7) is 5.41. The highest BCUT2D eigenvalue weighted by Crippen LogP contribution is 2.48. The van der Waals surface area contributed by atoms with Crippen molar-refractivity contribution in [3.05, 3.63) is 53.6 Å². The Balaban J connectivity index is 1.72. The number of hydrogen-bond donors (Lipinski definition) is 1. The lowest BCUT2D eigenvalue weighted by atomic mass is 9.83. The molecule has 0 saturated carbocycles. The van der Waals surface area contributed by atoms with Gasteiger partial charge in [-0.3, -0.25) is 9.69 Å². The SMILES string of the molecule is CCCCN(CCCC)S(=O)(=O)CN1CC(c2ccc3c(c2)OCO3)C(C(=O)O)C1c1ccc(OC)cc1. The summed E-state index contributed by atoms with van der Waals surface area (Å²) in [5.74, 6) is -0.682. The smallest absolute Gasteiger partial charge is 0.309 e. The van der Waals surface area contributed by atoms with Crippen LogP contribution in [0.25, 0.3) is 0 Å². The number of aliphatic carboxylic acids is 1. The van der Waals surface area contributed by atoms with E-state index < -0.39 is 33.9 Å². The minimum Gasteiger partial charge on any atom is -0.497 e. The molecular formula is C28H38N2O7S. The van der Waals surface area contributed by atoms with Crippen molar-refractivity contribution >= 4 is 16.0 Å². The van der Waals surface area contributed by atoms with Crippen LogP contribution >= 0.6 is 0 Å². The number of rotatable bonds is 13. The molecule has 0 spiro atoms. The summed E-state index contributed by atoms with van der Waals surface area (Å²) in [6.07, 6.45) is 3.35. The maximum Gasteiger partial charge on any atom is 0.309 e. The van der Waals surface area contributed by atoms with Gasteiger partial charge in [0.05, 0.1) is 13.0 Å². The van der Waals surface area contributed by atoms with Crippen LogP contribution < -0.4 is 14.2 Å². The summed E-state index contributed by atoms with van der Waals surface area (Å²) < 4.78 is 45.3. The number of hydrogen-bond acceptors (Lipinski definition) is 7. The van der Waals surface area contributed by atoms with Crippen LogP contribution in [0.1, 0.15) is 62.6 Å². The zero-order chi connectivity index (χ0) is 27.3. The Kier molecular flexibility index (Phi) is 9.17. The van der Waals surface area contributed by atoms with Gasteiger partial charge in [0.2, 0.25) is 16.8 Å². The maximum absolute atomic E-state index is 13.7. The third kappa shape index (κ3) is 6.08. The van der Waals surface area contributed by atoms with Crippen molar-refractivity contribution in [2.45, 2.75) is 51.5 Å². The van der Waals surface area contributed by atoms with Crippen molar-refractivity contribution < 1.29 is 32.5 Å². The molecule has 3 atom stereocenters. The van der Waals surface area contributed by atoms with Crippen LogP contribution in [0.2, 0.25) is 0 Å². The van der Waals surface area contributed by atoms with E-state index in [1.54, 1.807) is 29.6 Å². The topological polar surface area (TPSA) is 106 Å². The Morgan fingerprint density at radius 2 is 1.66 bits per heavy atom. The molecule has 2 aliphatic heterocycles. The van der Waals surface area contributed by atoms with Crippen LogP contribution in [0, 0.1) is 5.92 Å². The largest absolute Gasteiger partial charge is 0.497 e. The van der Waals surface area contributed by atoms with E-state index in [4.69, 9.17) is 14.2 Å². The Hall–Kier alpha value is -2.82. The van der Waals surface area contributed by atoms with Gasteiger partial charge >= 0.3 is 5.97 Å². The molecule has 208 valence electrons. The first-order valence-corrected chi connectivity index (χ1v) is 14.9. The zero-order valence-electron chi connectivity index (χ0n) is 22.3. The van der Waals surface area contributed by atoms with Crippen molar-refractivity contribution in [3.63, 3.8) is 0 Å². The fourth-order valence-electron chi connectivity index (χ4n) is 5.39. The van der Waals surface area contributed by atoms with Gasteiger partial charge in [0.15, 0.2) is 11.5 Å². The molecule has 0 radical (unpaired) electrons. The van der Waals surface area contributed by atoms with Gasteiger partial charge in [0.1, 0.15) is 11.6 Å². The average Bonchev–Trinajstić information content (AvgIpc) is 3.52. The highest BCUT2D eigenvalue weighted by atomic mass is 32.2. The lowest BCUT2D eigenvalue weighted by Crippen LogP contribution is -2.41. The predicted octanol–water partition coefficient (Wildman–Crippen LogP) is 4.45. The maximum atomic E-state index is 13.7. The first-order chi connectivity index (χ1) is 18.3. The summed E-state index contributed by atoms with van der Waals surface area (Å²) in [5, 5.41) is 10.5. The average molecular weight is 547 g/mol. The quantitative estimate of drug-likeness (QED) is 0.393. The molecule has 0 amide bonds. The molecule has 2 aromatic rings. The number of carboxylic acids is 1. The number of benzene rings is 2. The van der Waals surface area contributed by atoms with Gasteiger partial charge in [0, 0.05) is 31.6 Å². The van der Waals surface area contributed by atoms with E-state index in [1.165, 1.54) is 0 Å². The number of fused-ring (bicyclic) bond motifs is 1. The van der Waals surface area contributed by atoms with Gasteiger partial charge < -0.3 is 19.3 Å². The van der Waals surface area contributed by atoms with Crippen LogP contribution in [-0.4, -0.2) is 68.1 Å². The molecule has 0 aliphatic carbocycles. The second-order valence-corrected chi connectivity index (χ2v) is 11.9. The van der Waals surface area contributed by atoms with E-state index in [-0.39, 0.29) is 19.2 Å². The molecule has 0 aromatic heterocycles. The molecule has 2 aromatic carbocycles. The number of likely N-dealkylation sites (tertiary alicyclic amines) is 1. The van der Waals surface area contributed by atoms with Crippen LogP contribution in [0.4, 0.5) is 0 Å². The monoisotopic (exact) mass is 546 g/mol. The zero-order valence-corrected chi connectivity index (χ0v) is 23.2. The van der Waals surface area contributed by atoms with E-state index in [0.29, 0.717) is 30.3 Å². The van der Waals surface area contributed by atoms with Crippen LogP contribution in [0.3, 0.4) is 0 Å². The Bertz CT molecular complexity index is 1190. The number of ether oxygens (including phenoxy) is 3. The molecule has 2 heterocycles. The molecule has 1 N–H and O–H groups in total. The summed E-state index contributed by atoms with van der Waals surface area (Å²) in [6, 6.07) is 12.0. The van der Waals surface area contributed by atoms with E-state index >= 15 is 0 Å². The van der Waals surface area contributed by atoms with Crippen molar-refractivity contribution in [3.8, 4) is 17.2 Å². The van der Waals surface area contributed by atoms with Gasteiger partial charge in [-0.2, -0.15) is 0 Å². The van der Waals surface area contributed by atoms with Gasteiger partial charge in [0.25, 0.3) is 0 Å². The molecule has 38 heavy (non-hydrogen) atoms. The molecule has 10 heteroatoms. The third-order valence-corrected chi connectivity index (χ3v) is 9.22. The van der Waals surface area contributed by atoms with Crippen LogP contribution in [0.5, 0.6) is 17.2 Å². The molecule has 2 aliphatic rings. The second kappa shape index (κ2) is 12.4. The lowest BCUT2D eigenvalue weighted by molar-refractivity contribution is -0.143. The number of sulfonamides is 1. The highest BCUT2D eigenvalue weighted by molar-refractivity contribution is 7.89. The van der Waals surface area contributed by atoms with Crippen LogP contribution in [-0.2, 0) is 14.8 Å². The molecule has 4 rings (SSSR count). The van der Waals surface area contributed by atoms with Gasteiger partial charge in [-0.15, -0.1) is 0 Å². The second-order valence-electron chi connectivity index (χ2n) is 9.92. The third-order valence-electron chi connectivity index (χ3n) is 7.41. The molecule has 1 fully saturated rings. The van der Waals surface area contributed by atoms with E-state index in [2.05, 4.69) is 0 Å². The van der Waals surface area contributed by atoms with Crippen molar-refractivity contribution in [2.75, 3.05) is 39.4 Å². The van der Waals surface area contributed by atoms with E-state index in [1.807, 2.05) is 43.0 Å². The summed E-state index contributed by atoms with van der Waals surface area (Å²) in [7, 11) is -2.10. The van der Waals surface area contributed by atoms with Crippen molar-refractivity contribution in [1.82, 2.24) is 9.21 Å². The molecular weight excluding hydrogens is 508 g/mol. The Morgan fingerprint density at radius 3 is 2.26 bits per heavy atom. The fraction of sp³-hybridized carbons (Fsp3) is 0.536. The summed E-state index contributed by atoms with van der Waals surface area (Å²) in [4.78, 5) is 14.6. The number of unbranched alkanes of at least 4 members (excludes halogenated alkanes) is 2. The molecule has 3 unspecified atom stereocenters. The molecule has 0 bridgehead atoms. The normalized spacial score (nSPS) is 21.2. The fourth-order valence-corrected chi connectivity index (χ4v) is 7.06. The van der Waals surface area contributed by atoms with Gasteiger partial charge in [-0.05, 0) is 48.2 Å². The molecule has 9 nitrogen and oxygen atoms in total. The Labute approximate surface area is 225 Å². The predicted molar refractivity (Wildman–Crippen MR) is 144 cm³/mol. The summed E-state index contributed by atoms with van der Waals surface area (Å²) >= 11 is 0. The van der Waals surface area contributed by atoms with Gasteiger partial charge in [-0.25, -0.2) is 12.7 Å². The lowest BCUT2D eigenvalue weighted by Gasteiger charge is -2.30. The number of carbonyl (C=O) groups is 1. The minimum absolute atomic E-state index is 0.121.